The summed E-state index contributed by atoms with van der Waals surface area (Å²) < 4.78 is 0. The predicted molar refractivity (Wildman–Crippen MR) is 74.0 cm³/mol. The van der Waals surface area contributed by atoms with E-state index in [-0.39, 0.29) is 0 Å². The van der Waals surface area contributed by atoms with Crippen molar-refractivity contribution in [2.45, 2.75) is 83.5 Å². The lowest BCUT2D eigenvalue weighted by Crippen LogP contribution is -2.18. The lowest BCUT2D eigenvalue weighted by molar-refractivity contribution is 0.214. The molecule has 3 aliphatic rings. The third-order valence-corrected chi connectivity index (χ3v) is 6.15. The Morgan fingerprint density at radius 1 is 0.353 bits per heavy atom. The first-order chi connectivity index (χ1) is 8.43. The van der Waals surface area contributed by atoms with Gasteiger partial charge in [0, 0.05) is 0 Å². The van der Waals surface area contributed by atoms with E-state index < -0.39 is 0 Å². The van der Waals surface area contributed by atoms with E-state index in [2.05, 4.69) is 0 Å². The quantitative estimate of drug-likeness (QED) is 0.586. The zero-order valence-electron chi connectivity index (χ0n) is 11.5. The highest BCUT2D eigenvalue weighted by atomic mass is 14.4. The maximum atomic E-state index is 1.62. The van der Waals surface area contributed by atoms with Gasteiger partial charge in [-0.3, -0.25) is 0 Å². The molecule has 0 N–H and O–H groups in total. The van der Waals surface area contributed by atoms with E-state index in [0.29, 0.717) is 0 Å². The highest BCUT2D eigenvalue weighted by Gasteiger charge is 2.35. The number of rotatable bonds is 2. The topological polar surface area (TPSA) is 0 Å². The minimum Gasteiger partial charge on any atom is -0.0533 e. The maximum absolute atomic E-state index is 1.62. The monoisotopic (exact) mass is 234 g/mol. The van der Waals surface area contributed by atoms with E-state index in [1.807, 2.05) is 0 Å². The van der Waals surface area contributed by atoms with Crippen LogP contribution in [0.25, 0.3) is 0 Å². The van der Waals surface area contributed by atoms with E-state index in [1.165, 1.54) is 38.5 Å². The Bertz CT molecular complexity index is 196. The van der Waals surface area contributed by atoms with Gasteiger partial charge in [0.15, 0.2) is 0 Å². The van der Waals surface area contributed by atoms with Gasteiger partial charge in [0.2, 0.25) is 0 Å². The van der Waals surface area contributed by atoms with Crippen molar-refractivity contribution in [2.75, 3.05) is 0 Å². The fraction of sp³-hybridized carbons (Fsp3) is 1.00. The van der Waals surface area contributed by atoms with Gasteiger partial charge in [0.25, 0.3) is 0 Å². The van der Waals surface area contributed by atoms with E-state index in [0.717, 1.165) is 23.7 Å². The van der Waals surface area contributed by atoms with E-state index in [9.17, 15) is 0 Å². The molecule has 17 heavy (non-hydrogen) atoms. The Kier molecular flexibility index (Phi) is 4.08. The summed E-state index contributed by atoms with van der Waals surface area (Å²) in [6, 6.07) is 0. The van der Waals surface area contributed by atoms with Crippen molar-refractivity contribution in [3.05, 3.63) is 0 Å². The summed E-state index contributed by atoms with van der Waals surface area (Å²) in [7, 11) is 0. The molecule has 0 nitrogen and oxygen atoms in total. The SMILES string of the molecule is C1CCC(C2CCC(C3CCCCC3)C2)CC1. The van der Waals surface area contributed by atoms with Gasteiger partial charge < -0.3 is 0 Å². The lowest BCUT2D eigenvalue weighted by atomic mass is 9.76. The maximum Gasteiger partial charge on any atom is -0.0383 e. The van der Waals surface area contributed by atoms with Crippen LogP contribution in [-0.4, -0.2) is 0 Å². The predicted octanol–water partition coefficient (Wildman–Crippen LogP) is 5.56. The molecule has 2 unspecified atom stereocenters. The van der Waals surface area contributed by atoms with Crippen LogP contribution in [-0.2, 0) is 0 Å². The Labute approximate surface area is 108 Å². The third kappa shape index (κ3) is 2.88. The molecule has 0 heteroatoms. The smallest absolute Gasteiger partial charge is 0.0383 e. The first kappa shape index (κ1) is 12.1. The van der Waals surface area contributed by atoms with Gasteiger partial charge in [0.1, 0.15) is 0 Å². The first-order valence-corrected chi connectivity index (χ1v) is 8.43. The molecule has 3 rings (SSSR count). The van der Waals surface area contributed by atoms with Gasteiger partial charge >= 0.3 is 0 Å². The molecule has 0 amide bonds. The molecule has 0 heterocycles. The zero-order valence-corrected chi connectivity index (χ0v) is 11.5. The number of hydrogen-bond donors (Lipinski definition) is 0. The van der Waals surface area contributed by atoms with Gasteiger partial charge in [0.05, 0.1) is 0 Å². The fourth-order valence-electron chi connectivity index (χ4n) is 5.12. The Balaban J connectivity index is 1.50. The zero-order chi connectivity index (χ0) is 11.5. The van der Waals surface area contributed by atoms with Crippen LogP contribution in [0.4, 0.5) is 0 Å². The van der Waals surface area contributed by atoms with Gasteiger partial charge in [-0.1, -0.05) is 64.2 Å². The van der Waals surface area contributed by atoms with Crippen molar-refractivity contribution in [3.8, 4) is 0 Å². The second kappa shape index (κ2) is 5.76. The van der Waals surface area contributed by atoms with Crippen LogP contribution in [0.1, 0.15) is 83.5 Å². The summed E-state index contributed by atoms with van der Waals surface area (Å²) >= 11 is 0. The van der Waals surface area contributed by atoms with Crippen LogP contribution in [0.5, 0.6) is 0 Å². The minimum atomic E-state index is 1.14. The van der Waals surface area contributed by atoms with Crippen molar-refractivity contribution in [1.29, 1.82) is 0 Å². The highest BCUT2D eigenvalue weighted by molar-refractivity contribution is 4.86. The number of hydrogen-bond acceptors (Lipinski definition) is 0. The molecule has 98 valence electrons. The van der Waals surface area contributed by atoms with Crippen molar-refractivity contribution in [3.63, 3.8) is 0 Å². The minimum absolute atomic E-state index is 1.14. The molecule has 0 aromatic rings. The van der Waals surface area contributed by atoms with E-state index in [1.54, 1.807) is 44.9 Å². The molecule has 0 aliphatic heterocycles. The van der Waals surface area contributed by atoms with Crippen molar-refractivity contribution in [1.82, 2.24) is 0 Å². The van der Waals surface area contributed by atoms with Crippen LogP contribution in [0, 0.1) is 23.7 Å². The molecule has 0 aromatic carbocycles. The van der Waals surface area contributed by atoms with Crippen LogP contribution < -0.4 is 0 Å². The van der Waals surface area contributed by atoms with Gasteiger partial charge in [-0.05, 0) is 42.9 Å². The standard InChI is InChI=1S/C17H30/c1-3-7-14(8-4-1)16-11-12-17(13-16)15-9-5-2-6-10-15/h14-17H,1-13H2. The molecule has 2 atom stereocenters. The Morgan fingerprint density at radius 2 is 0.765 bits per heavy atom. The summed E-state index contributed by atoms with van der Waals surface area (Å²) in [4.78, 5) is 0. The molecule has 0 aromatic heterocycles. The second-order valence-electron chi connectivity index (χ2n) is 7.13. The molecule has 0 saturated heterocycles. The summed E-state index contributed by atoms with van der Waals surface area (Å²) in [6.45, 7) is 0. The van der Waals surface area contributed by atoms with E-state index in [4.69, 9.17) is 0 Å². The van der Waals surface area contributed by atoms with Crippen molar-refractivity contribution >= 4 is 0 Å². The van der Waals surface area contributed by atoms with Crippen LogP contribution >= 0.6 is 0 Å². The van der Waals surface area contributed by atoms with Crippen LogP contribution in [0.15, 0.2) is 0 Å². The molecule has 0 radical (unpaired) electrons. The summed E-state index contributed by atoms with van der Waals surface area (Å²) in [6.07, 6.45) is 20.3. The largest absolute Gasteiger partial charge is 0.0533 e. The molecule has 3 saturated carbocycles. The third-order valence-electron chi connectivity index (χ3n) is 6.15. The van der Waals surface area contributed by atoms with Gasteiger partial charge in [-0.2, -0.15) is 0 Å². The molecule has 3 aliphatic carbocycles. The Hall–Kier alpha value is 0. The molecule has 0 spiro atoms. The van der Waals surface area contributed by atoms with Gasteiger partial charge in [-0.15, -0.1) is 0 Å². The normalized spacial score (nSPS) is 37.4. The first-order valence-electron chi connectivity index (χ1n) is 8.43. The van der Waals surface area contributed by atoms with Crippen LogP contribution in [0.2, 0.25) is 0 Å². The highest BCUT2D eigenvalue weighted by Crippen LogP contribution is 2.46. The van der Waals surface area contributed by atoms with Crippen LogP contribution in [0.3, 0.4) is 0 Å². The summed E-state index contributed by atoms with van der Waals surface area (Å²) in [5, 5.41) is 0. The van der Waals surface area contributed by atoms with Crippen molar-refractivity contribution in [2.24, 2.45) is 23.7 Å². The average molecular weight is 234 g/mol. The molecular weight excluding hydrogens is 204 g/mol. The fourth-order valence-corrected chi connectivity index (χ4v) is 5.12. The van der Waals surface area contributed by atoms with Gasteiger partial charge in [-0.25, -0.2) is 0 Å². The average Bonchev–Trinajstić information content (AvgIpc) is 2.90. The second-order valence-corrected chi connectivity index (χ2v) is 7.13. The van der Waals surface area contributed by atoms with Crippen molar-refractivity contribution < 1.29 is 0 Å². The molecule has 0 bridgehead atoms. The lowest BCUT2D eigenvalue weighted by Gasteiger charge is -2.30. The summed E-state index contributed by atoms with van der Waals surface area (Å²) in [5.74, 6) is 4.55. The Morgan fingerprint density at radius 3 is 1.18 bits per heavy atom. The van der Waals surface area contributed by atoms with E-state index >= 15 is 0 Å². The summed E-state index contributed by atoms with van der Waals surface area (Å²) in [5.41, 5.74) is 0. The molecular formula is C17H30. The molecule has 3 fully saturated rings.